The molecule has 0 radical (unpaired) electrons. The summed E-state index contributed by atoms with van der Waals surface area (Å²) >= 11 is 1.72. The molecule has 1 N–H and O–H groups in total. The van der Waals surface area contributed by atoms with Gasteiger partial charge in [-0.2, -0.15) is 4.98 Å². The molecule has 0 bridgehead atoms. The average Bonchev–Trinajstić information content (AvgIpc) is 2.86. The molecular weight excluding hydrogens is 270 g/mol. The Morgan fingerprint density at radius 2 is 2.00 bits per heavy atom. The van der Waals surface area contributed by atoms with E-state index in [4.69, 9.17) is 4.52 Å². The van der Waals surface area contributed by atoms with Gasteiger partial charge < -0.3 is 9.84 Å². The van der Waals surface area contributed by atoms with Crippen LogP contribution >= 0.6 is 11.8 Å². The highest BCUT2D eigenvalue weighted by molar-refractivity contribution is 7.98. The molecule has 4 nitrogen and oxygen atoms in total. The van der Waals surface area contributed by atoms with Crippen LogP contribution in [0.15, 0.2) is 33.7 Å². The van der Waals surface area contributed by atoms with E-state index in [9.17, 15) is 0 Å². The van der Waals surface area contributed by atoms with Crippen molar-refractivity contribution in [3.63, 3.8) is 0 Å². The van der Waals surface area contributed by atoms with Crippen molar-refractivity contribution in [2.45, 2.75) is 43.9 Å². The first-order valence-electron chi connectivity index (χ1n) is 6.88. The Hall–Kier alpha value is -1.33. The van der Waals surface area contributed by atoms with Crippen LogP contribution in [-0.2, 0) is 12.2 Å². The van der Waals surface area contributed by atoms with E-state index >= 15 is 0 Å². The third-order valence-corrected chi connectivity index (χ3v) is 3.80. The van der Waals surface area contributed by atoms with Gasteiger partial charge in [0.25, 0.3) is 0 Å². The van der Waals surface area contributed by atoms with E-state index in [0.717, 1.165) is 24.5 Å². The Balaban J connectivity index is 1.79. The van der Waals surface area contributed by atoms with E-state index in [0.29, 0.717) is 11.9 Å². The van der Waals surface area contributed by atoms with Crippen molar-refractivity contribution in [3.05, 3.63) is 41.5 Å². The van der Waals surface area contributed by atoms with Gasteiger partial charge in [-0.3, -0.25) is 0 Å². The van der Waals surface area contributed by atoms with Gasteiger partial charge in [-0.25, -0.2) is 0 Å². The lowest BCUT2D eigenvalue weighted by molar-refractivity contribution is 0.370. The fourth-order valence-electron chi connectivity index (χ4n) is 1.70. The molecule has 1 aromatic carbocycles. The van der Waals surface area contributed by atoms with Crippen LogP contribution in [-0.4, -0.2) is 22.7 Å². The van der Waals surface area contributed by atoms with Crippen LogP contribution < -0.4 is 5.32 Å². The number of aromatic nitrogens is 2. The Kier molecular flexibility index (Phi) is 5.61. The summed E-state index contributed by atoms with van der Waals surface area (Å²) in [6.45, 7) is 7.20. The van der Waals surface area contributed by atoms with Crippen molar-refractivity contribution in [3.8, 4) is 0 Å². The van der Waals surface area contributed by atoms with Crippen LogP contribution in [0, 0.1) is 6.92 Å². The Morgan fingerprint density at radius 3 is 2.70 bits per heavy atom. The van der Waals surface area contributed by atoms with Gasteiger partial charge in [0.2, 0.25) is 5.89 Å². The number of thioether (sulfide) groups is 1. The van der Waals surface area contributed by atoms with Gasteiger partial charge in [0.15, 0.2) is 5.82 Å². The maximum Gasteiger partial charge on any atom is 0.227 e. The van der Waals surface area contributed by atoms with Gasteiger partial charge in [0.1, 0.15) is 0 Å². The normalized spacial score (nSPS) is 11.2. The summed E-state index contributed by atoms with van der Waals surface area (Å²) in [4.78, 5) is 5.63. The number of nitrogens with one attached hydrogen (secondary N) is 1. The van der Waals surface area contributed by atoms with E-state index in [1.54, 1.807) is 11.8 Å². The molecule has 0 saturated carbocycles. The zero-order chi connectivity index (χ0) is 14.4. The van der Waals surface area contributed by atoms with E-state index in [2.05, 4.69) is 60.5 Å². The van der Waals surface area contributed by atoms with Gasteiger partial charge in [-0.05, 0) is 19.1 Å². The summed E-state index contributed by atoms with van der Waals surface area (Å²) in [7, 11) is 0. The molecule has 2 rings (SSSR count). The Morgan fingerprint density at radius 1 is 1.25 bits per heavy atom. The van der Waals surface area contributed by atoms with Gasteiger partial charge in [-0.15, -0.1) is 11.8 Å². The number of hydrogen-bond donors (Lipinski definition) is 1. The first-order chi connectivity index (χ1) is 9.63. The minimum atomic E-state index is 0.481. The molecule has 0 spiro atoms. The largest absolute Gasteiger partial charge is 0.339 e. The van der Waals surface area contributed by atoms with Gasteiger partial charge >= 0.3 is 0 Å². The smallest absolute Gasteiger partial charge is 0.227 e. The molecule has 0 saturated heterocycles. The van der Waals surface area contributed by atoms with Crippen LogP contribution in [0.25, 0.3) is 0 Å². The molecule has 1 heterocycles. The van der Waals surface area contributed by atoms with Gasteiger partial charge in [0, 0.05) is 23.9 Å². The van der Waals surface area contributed by atoms with Crippen molar-refractivity contribution >= 4 is 11.8 Å². The third-order valence-electron chi connectivity index (χ3n) is 2.79. The van der Waals surface area contributed by atoms with Crippen LogP contribution in [0.4, 0.5) is 0 Å². The molecule has 1 aromatic heterocycles. The molecule has 20 heavy (non-hydrogen) atoms. The molecule has 0 aliphatic heterocycles. The van der Waals surface area contributed by atoms with E-state index < -0.39 is 0 Å². The monoisotopic (exact) mass is 291 g/mol. The van der Waals surface area contributed by atoms with E-state index in [-0.39, 0.29) is 0 Å². The maximum atomic E-state index is 5.24. The molecule has 0 unspecified atom stereocenters. The van der Waals surface area contributed by atoms with Crippen molar-refractivity contribution in [1.82, 2.24) is 15.5 Å². The summed E-state index contributed by atoms with van der Waals surface area (Å²) in [5.74, 6) is 2.21. The van der Waals surface area contributed by atoms with Gasteiger partial charge in [-0.1, -0.05) is 36.7 Å². The third kappa shape index (κ3) is 4.98. The van der Waals surface area contributed by atoms with Gasteiger partial charge in [0.05, 0.1) is 5.75 Å². The number of rotatable bonds is 7. The second kappa shape index (κ2) is 7.45. The molecule has 0 amide bonds. The minimum Gasteiger partial charge on any atom is -0.339 e. The lowest BCUT2D eigenvalue weighted by Gasteiger charge is -2.04. The Bertz CT molecular complexity index is 522. The zero-order valence-corrected chi connectivity index (χ0v) is 13.0. The fraction of sp³-hybridized carbons (Fsp3) is 0.467. The highest BCUT2D eigenvalue weighted by Gasteiger charge is 2.07. The molecule has 0 atom stereocenters. The molecular formula is C15H21N3OS. The van der Waals surface area contributed by atoms with Crippen molar-refractivity contribution in [1.29, 1.82) is 0 Å². The predicted molar refractivity (Wildman–Crippen MR) is 81.9 cm³/mol. The first-order valence-corrected chi connectivity index (χ1v) is 7.86. The highest BCUT2D eigenvalue weighted by Crippen LogP contribution is 2.21. The summed E-state index contributed by atoms with van der Waals surface area (Å²) in [6.07, 6.45) is 0.778. The molecule has 2 aromatic rings. The van der Waals surface area contributed by atoms with Crippen LogP contribution in [0.1, 0.15) is 31.1 Å². The Labute approximate surface area is 124 Å². The molecule has 5 heteroatoms. The van der Waals surface area contributed by atoms with Crippen LogP contribution in [0.2, 0.25) is 0 Å². The van der Waals surface area contributed by atoms with E-state index in [1.165, 1.54) is 10.5 Å². The standard InChI is InChI=1S/C15H21N3OS/c1-11(2)16-9-8-15-17-14(18-19-15)10-20-13-6-4-12(3)5-7-13/h4-7,11,16H,8-10H2,1-3H3. The first kappa shape index (κ1) is 15.1. The minimum absolute atomic E-state index is 0.481. The van der Waals surface area contributed by atoms with Crippen molar-refractivity contribution in [2.24, 2.45) is 0 Å². The van der Waals surface area contributed by atoms with Crippen LogP contribution in [0.5, 0.6) is 0 Å². The molecule has 0 aliphatic rings. The summed E-state index contributed by atoms with van der Waals surface area (Å²) in [6, 6.07) is 8.94. The molecule has 0 aliphatic carbocycles. The van der Waals surface area contributed by atoms with Crippen LogP contribution in [0.3, 0.4) is 0 Å². The highest BCUT2D eigenvalue weighted by atomic mass is 32.2. The SMILES string of the molecule is Cc1ccc(SCc2noc(CCNC(C)C)n2)cc1. The number of nitrogens with zero attached hydrogens (tertiary/aromatic N) is 2. The number of aryl methyl sites for hydroxylation is 1. The van der Waals surface area contributed by atoms with Crippen molar-refractivity contribution < 1.29 is 4.52 Å². The summed E-state index contributed by atoms with van der Waals surface area (Å²) in [5.41, 5.74) is 1.27. The van der Waals surface area contributed by atoms with Crippen molar-refractivity contribution in [2.75, 3.05) is 6.54 Å². The zero-order valence-electron chi connectivity index (χ0n) is 12.2. The lowest BCUT2D eigenvalue weighted by atomic mass is 10.2. The number of benzene rings is 1. The number of hydrogen-bond acceptors (Lipinski definition) is 5. The fourth-order valence-corrected chi connectivity index (χ4v) is 2.44. The summed E-state index contributed by atoms with van der Waals surface area (Å²) < 4.78 is 5.24. The second-order valence-corrected chi connectivity index (χ2v) is 6.11. The topological polar surface area (TPSA) is 51.0 Å². The lowest BCUT2D eigenvalue weighted by Crippen LogP contribution is -2.25. The van der Waals surface area contributed by atoms with E-state index in [1.807, 2.05) is 0 Å². The molecule has 0 fully saturated rings. The average molecular weight is 291 g/mol. The second-order valence-electron chi connectivity index (χ2n) is 5.06. The quantitative estimate of drug-likeness (QED) is 0.794. The summed E-state index contributed by atoms with van der Waals surface area (Å²) in [5, 5.41) is 7.35. The predicted octanol–water partition coefficient (Wildman–Crippen LogP) is 3.21. The maximum absolute atomic E-state index is 5.24. The molecule has 108 valence electrons.